The molecule has 6 nitrogen and oxygen atoms in total. The highest BCUT2D eigenvalue weighted by Gasteiger charge is 2.16. The van der Waals surface area contributed by atoms with Crippen molar-refractivity contribution < 1.29 is 13.2 Å². The number of para-hydroxylation sites is 1. The van der Waals surface area contributed by atoms with E-state index >= 15 is 0 Å². The predicted octanol–water partition coefficient (Wildman–Crippen LogP) is 3.61. The largest absolute Gasteiger partial charge is 0.322 e. The fourth-order valence-corrected chi connectivity index (χ4v) is 3.46. The number of sulfonamides is 1. The van der Waals surface area contributed by atoms with Gasteiger partial charge in [-0.1, -0.05) is 24.3 Å². The Morgan fingerprint density at radius 1 is 0.852 bits per heavy atom. The first-order chi connectivity index (χ1) is 13.0. The summed E-state index contributed by atoms with van der Waals surface area (Å²) in [6, 6.07) is 22.6. The van der Waals surface area contributed by atoms with Gasteiger partial charge in [-0.15, -0.1) is 0 Å². The van der Waals surface area contributed by atoms with Crippen molar-refractivity contribution in [2.45, 2.75) is 4.90 Å². The van der Waals surface area contributed by atoms with Gasteiger partial charge in [0.1, 0.15) is 0 Å². The predicted molar refractivity (Wildman–Crippen MR) is 103 cm³/mol. The maximum Gasteiger partial charge on any atom is 0.261 e. The summed E-state index contributed by atoms with van der Waals surface area (Å²) in [4.78, 5) is 12.4. The summed E-state index contributed by atoms with van der Waals surface area (Å²) in [5.74, 6) is -0.448. The summed E-state index contributed by atoms with van der Waals surface area (Å²) in [6.45, 7) is 0. The van der Waals surface area contributed by atoms with E-state index in [0.717, 1.165) is 0 Å². The molecule has 7 heteroatoms. The quantitative estimate of drug-likeness (QED) is 0.709. The van der Waals surface area contributed by atoms with Crippen LogP contribution in [-0.2, 0) is 10.0 Å². The van der Waals surface area contributed by atoms with Gasteiger partial charge in [0.25, 0.3) is 15.9 Å². The number of carbonyl (C=O) groups excluding carboxylic acids is 1. The van der Waals surface area contributed by atoms with Crippen LogP contribution in [0.15, 0.2) is 83.8 Å². The number of anilines is 2. The maximum absolute atomic E-state index is 12.5. The van der Waals surface area contributed by atoms with Gasteiger partial charge in [0.2, 0.25) is 0 Å². The van der Waals surface area contributed by atoms with E-state index < -0.39 is 15.9 Å². The number of amides is 1. The molecule has 27 heavy (non-hydrogen) atoms. The number of carbonyl (C=O) groups is 1. The molecule has 2 N–H and O–H groups in total. The van der Waals surface area contributed by atoms with Crippen LogP contribution in [0.2, 0.25) is 0 Å². The molecule has 0 bridgehead atoms. The molecule has 3 aromatic carbocycles. The maximum atomic E-state index is 12.5. The van der Waals surface area contributed by atoms with E-state index in [1.807, 2.05) is 6.07 Å². The van der Waals surface area contributed by atoms with Crippen molar-refractivity contribution in [3.63, 3.8) is 0 Å². The molecule has 1 amide bonds. The Morgan fingerprint density at radius 2 is 1.56 bits per heavy atom. The van der Waals surface area contributed by atoms with E-state index in [0.29, 0.717) is 16.9 Å². The molecule has 0 fully saturated rings. The number of benzene rings is 3. The molecular formula is C20H15N3O3S. The number of rotatable bonds is 5. The lowest BCUT2D eigenvalue weighted by atomic mass is 10.2. The molecule has 3 aromatic rings. The molecule has 0 aliphatic rings. The minimum atomic E-state index is -3.82. The summed E-state index contributed by atoms with van der Waals surface area (Å²) < 4.78 is 27.5. The van der Waals surface area contributed by atoms with Gasteiger partial charge in [0.05, 0.1) is 16.5 Å². The van der Waals surface area contributed by atoms with Crippen molar-refractivity contribution in [3.05, 3.63) is 90.0 Å². The Balaban J connectivity index is 1.80. The van der Waals surface area contributed by atoms with Gasteiger partial charge in [0, 0.05) is 16.9 Å². The lowest BCUT2D eigenvalue weighted by Crippen LogP contribution is -2.16. The molecule has 0 spiro atoms. The molecule has 0 atom stereocenters. The van der Waals surface area contributed by atoms with Crippen molar-refractivity contribution in [3.8, 4) is 6.07 Å². The standard InChI is InChI=1S/C20H15N3O3S/c21-14-15-9-11-17(12-10-15)22-20(24)16-5-4-8-19(13-16)27(25,26)23-18-6-2-1-3-7-18/h1-13,23H,(H,22,24). The Hall–Kier alpha value is -3.63. The molecule has 0 unspecified atom stereocenters. The molecule has 0 radical (unpaired) electrons. The number of hydrogen-bond donors (Lipinski definition) is 2. The number of nitriles is 1. The van der Waals surface area contributed by atoms with E-state index in [9.17, 15) is 13.2 Å². The lowest BCUT2D eigenvalue weighted by molar-refractivity contribution is 0.102. The zero-order valence-electron chi connectivity index (χ0n) is 14.1. The number of hydrogen-bond acceptors (Lipinski definition) is 4. The van der Waals surface area contributed by atoms with Gasteiger partial charge in [-0.25, -0.2) is 8.42 Å². The highest BCUT2D eigenvalue weighted by molar-refractivity contribution is 7.92. The molecule has 0 heterocycles. The van der Waals surface area contributed by atoms with Crippen molar-refractivity contribution >= 4 is 27.3 Å². The summed E-state index contributed by atoms with van der Waals surface area (Å²) in [7, 11) is -3.82. The molecule has 0 aromatic heterocycles. The Morgan fingerprint density at radius 3 is 2.22 bits per heavy atom. The molecule has 0 aliphatic heterocycles. The van der Waals surface area contributed by atoms with E-state index in [1.54, 1.807) is 54.6 Å². The zero-order valence-corrected chi connectivity index (χ0v) is 14.9. The number of nitrogens with one attached hydrogen (secondary N) is 2. The van der Waals surface area contributed by atoms with Crippen molar-refractivity contribution in [2.75, 3.05) is 10.0 Å². The molecule has 0 aliphatic carbocycles. The molecular weight excluding hydrogens is 362 g/mol. The van der Waals surface area contributed by atoms with E-state index in [2.05, 4.69) is 10.0 Å². The van der Waals surface area contributed by atoms with Gasteiger partial charge in [-0.2, -0.15) is 5.26 Å². The van der Waals surface area contributed by atoms with Crippen molar-refractivity contribution in [1.82, 2.24) is 0 Å². The monoisotopic (exact) mass is 377 g/mol. The van der Waals surface area contributed by atoms with E-state index in [-0.39, 0.29) is 10.5 Å². The first-order valence-corrected chi connectivity index (χ1v) is 9.46. The van der Waals surface area contributed by atoms with Crippen LogP contribution < -0.4 is 10.0 Å². The van der Waals surface area contributed by atoms with Crippen LogP contribution in [0, 0.1) is 11.3 Å². The average Bonchev–Trinajstić information content (AvgIpc) is 2.69. The minimum Gasteiger partial charge on any atom is -0.322 e. The second kappa shape index (κ2) is 7.72. The Bertz CT molecular complexity index is 1100. The first kappa shape index (κ1) is 18.2. The fraction of sp³-hybridized carbons (Fsp3) is 0. The third kappa shape index (κ3) is 4.51. The minimum absolute atomic E-state index is 0.0150. The van der Waals surface area contributed by atoms with Crippen molar-refractivity contribution in [2.24, 2.45) is 0 Å². The summed E-state index contributed by atoms with van der Waals surface area (Å²) in [5.41, 5.74) is 1.63. The van der Waals surface area contributed by atoms with Crippen LogP contribution in [0.3, 0.4) is 0 Å². The van der Waals surface area contributed by atoms with Gasteiger partial charge in [-0.05, 0) is 54.6 Å². The smallest absolute Gasteiger partial charge is 0.261 e. The van der Waals surface area contributed by atoms with Gasteiger partial charge in [-0.3, -0.25) is 9.52 Å². The van der Waals surface area contributed by atoms with Crippen LogP contribution in [0.25, 0.3) is 0 Å². The van der Waals surface area contributed by atoms with Crippen LogP contribution in [0.1, 0.15) is 15.9 Å². The van der Waals surface area contributed by atoms with Crippen LogP contribution in [0.5, 0.6) is 0 Å². The second-order valence-corrected chi connectivity index (χ2v) is 7.33. The molecule has 134 valence electrons. The molecule has 0 saturated heterocycles. The second-order valence-electron chi connectivity index (χ2n) is 5.64. The van der Waals surface area contributed by atoms with Gasteiger partial charge in [0.15, 0.2) is 0 Å². The normalized spacial score (nSPS) is 10.6. The highest BCUT2D eigenvalue weighted by atomic mass is 32.2. The summed E-state index contributed by atoms with van der Waals surface area (Å²) >= 11 is 0. The third-order valence-corrected chi connectivity index (χ3v) is 5.08. The van der Waals surface area contributed by atoms with Crippen LogP contribution in [0.4, 0.5) is 11.4 Å². The van der Waals surface area contributed by atoms with Crippen LogP contribution >= 0.6 is 0 Å². The highest BCUT2D eigenvalue weighted by Crippen LogP contribution is 2.18. The Kier molecular flexibility index (Phi) is 5.20. The SMILES string of the molecule is N#Cc1ccc(NC(=O)c2cccc(S(=O)(=O)Nc3ccccc3)c2)cc1. The third-order valence-electron chi connectivity index (χ3n) is 3.70. The topological polar surface area (TPSA) is 99.1 Å². The van der Waals surface area contributed by atoms with Gasteiger partial charge < -0.3 is 5.32 Å². The van der Waals surface area contributed by atoms with Crippen molar-refractivity contribution in [1.29, 1.82) is 5.26 Å². The molecule has 3 rings (SSSR count). The fourth-order valence-electron chi connectivity index (χ4n) is 2.36. The van der Waals surface area contributed by atoms with Crippen LogP contribution in [-0.4, -0.2) is 14.3 Å². The Labute approximate surface area is 157 Å². The van der Waals surface area contributed by atoms with E-state index in [1.165, 1.54) is 24.3 Å². The number of nitrogens with zero attached hydrogens (tertiary/aromatic N) is 1. The first-order valence-electron chi connectivity index (χ1n) is 7.97. The summed E-state index contributed by atoms with van der Waals surface area (Å²) in [6.07, 6.45) is 0. The summed E-state index contributed by atoms with van der Waals surface area (Å²) in [5, 5.41) is 11.5. The van der Waals surface area contributed by atoms with E-state index in [4.69, 9.17) is 5.26 Å². The average molecular weight is 377 g/mol. The van der Waals surface area contributed by atoms with Gasteiger partial charge >= 0.3 is 0 Å². The zero-order chi connectivity index (χ0) is 19.3. The lowest BCUT2D eigenvalue weighted by Gasteiger charge is -2.10. The molecule has 0 saturated carbocycles.